The van der Waals surface area contributed by atoms with E-state index in [4.69, 9.17) is 5.73 Å². The summed E-state index contributed by atoms with van der Waals surface area (Å²) >= 11 is 0. The van der Waals surface area contributed by atoms with Crippen LogP contribution in [0.2, 0.25) is 0 Å². The molecule has 102 valence electrons. The molecule has 1 aliphatic carbocycles. The van der Waals surface area contributed by atoms with Crippen LogP contribution < -0.4 is 16.4 Å². The summed E-state index contributed by atoms with van der Waals surface area (Å²) in [5, 5.41) is 5.80. The van der Waals surface area contributed by atoms with Gasteiger partial charge in [0.2, 0.25) is 5.91 Å². The van der Waals surface area contributed by atoms with Gasteiger partial charge >= 0.3 is 6.03 Å². The van der Waals surface area contributed by atoms with E-state index in [1.54, 1.807) is 0 Å². The van der Waals surface area contributed by atoms with Crippen molar-refractivity contribution >= 4 is 11.9 Å². The fraction of sp³-hybridized carbons (Fsp3) is 0.833. The summed E-state index contributed by atoms with van der Waals surface area (Å²) in [7, 11) is 0. The van der Waals surface area contributed by atoms with Crippen LogP contribution in [0.25, 0.3) is 0 Å². The second kappa shape index (κ2) is 6.15. The van der Waals surface area contributed by atoms with Crippen LogP contribution in [-0.4, -0.2) is 48.6 Å². The van der Waals surface area contributed by atoms with Crippen LogP contribution >= 0.6 is 0 Å². The van der Waals surface area contributed by atoms with Gasteiger partial charge in [-0.25, -0.2) is 4.79 Å². The van der Waals surface area contributed by atoms with E-state index in [1.165, 1.54) is 0 Å². The normalized spacial score (nSPS) is 29.3. The fourth-order valence-corrected chi connectivity index (χ4v) is 2.80. The van der Waals surface area contributed by atoms with Crippen molar-refractivity contribution in [1.82, 2.24) is 15.5 Å². The Morgan fingerprint density at radius 1 is 1.28 bits per heavy atom. The second-order valence-electron chi connectivity index (χ2n) is 5.04. The minimum absolute atomic E-state index is 0.158. The number of nitrogens with zero attached hydrogens (tertiary/aromatic N) is 1. The van der Waals surface area contributed by atoms with Gasteiger partial charge in [-0.3, -0.25) is 10.1 Å². The van der Waals surface area contributed by atoms with Crippen LogP contribution in [0.4, 0.5) is 4.79 Å². The molecule has 0 atom stereocenters. The molecule has 0 bridgehead atoms. The van der Waals surface area contributed by atoms with E-state index in [2.05, 4.69) is 10.6 Å². The first-order valence-electron chi connectivity index (χ1n) is 6.74. The molecule has 1 saturated heterocycles. The van der Waals surface area contributed by atoms with E-state index in [9.17, 15) is 9.59 Å². The van der Waals surface area contributed by atoms with Crippen molar-refractivity contribution in [3.63, 3.8) is 0 Å². The molecule has 0 aromatic carbocycles. The van der Waals surface area contributed by atoms with Gasteiger partial charge in [0.15, 0.2) is 0 Å². The molecule has 2 rings (SSSR count). The lowest BCUT2D eigenvalue weighted by atomic mass is 9.90. The maximum atomic E-state index is 11.7. The Hall–Kier alpha value is -1.14. The average Bonchev–Trinajstić information content (AvgIpc) is 2.37. The number of carbonyl (C=O) groups is 2. The van der Waals surface area contributed by atoms with Gasteiger partial charge in [-0.1, -0.05) is 0 Å². The number of amides is 3. The van der Waals surface area contributed by atoms with Crippen molar-refractivity contribution in [2.75, 3.05) is 19.6 Å². The third-order valence-corrected chi connectivity index (χ3v) is 3.80. The maximum absolute atomic E-state index is 11.7. The Kier molecular flexibility index (Phi) is 4.54. The summed E-state index contributed by atoms with van der Waals surface area (Å²) in [4.78, 5) is 24.6. The topological polar surface area (TPSA) is 87.5 Å². The maximum Gasteiger partial charge on any atom is 0.324 e. The lowest BCUT2D eigenvalue weighted by molar-refractivity contribution is -0.121. The van der Waals surface area contributed by atoms with E-state index in [0.29, 0.717) is 25.6 Å². The smallest absolute Gasteiger partial charge is 0.324 e. The lowest BCUT2D eigenvalue weighted by Crippen LogP contribution is -2.55. The summed E-state index contributed by atoms with van der Waals surface area (Å²) in [6.45, 7) is 2.08. The number of hydrogen-bond donors (Lipinski definition) is 3. The molecule has 6 heteroatoms. The monoisotopic (exact) mass is 254 g/mol. The molecule has 0 spiro atoms. The van der Waals surface area contributed by atoms with E-state index >= 15 is 0 Å². The summed E-state index contributed by atoms with van der Waals surface area (Å²) in [6, 6.07) is 0.595. The van der Waals surface area contributed by atoms with Crippen molar-refractivity contribution in [3.05, 3.63) is 0 Å². The molecule has 2 aliphatic rings. The van der Waals surface area contributed by atoms with Gasteiger partial charge in [0, 0.05) is 38.1 Å². The van der Waals surface area contributed by atoms with E-state index < -0.39 is 0 Å². The Morgan fingerprint density at radius 2 is 2.00 bits per heavy atom. The molecule has 1 heterocycles. The van der Waals surface area contributed by atoms with Gasteiger partial charge in [0.05, 0.1) is 0 Å². The number of nitrogens with one attached hydrogen (secondary N) is 2. The van der Waals surface area contributed by atoms with Gasteiger partial charge in [-0.15, -0.1) is 0 Å². The molecule has 0 radical (unpaired) electrons. The third kappa shape index (κ3) is 3.20. The largest absolute Gasteiger partial charge is 0.329 e. The summed E-state index contributed by atoms with van der Waals surface area (Å²) in [6.07, 6.45) is 4.58. The van der Waals surface area contributed by atoms with Gasteiger partial charge in [0.25, 0.3) is 0 Å². The predicted molar refractivity (Wildman–Crippen MR) is 68.0 cm³/mol. The average molecular weight is 254 g/mol. The van der Waals surface area contributed by atoms with Crippen LogP contribution in [0.3, 0.4) is 0 Å². The van der Waals surface area contributed by atoms with Crippen molar-refractivity contribution in [3.8, 4) is 0 Å². The molecule has 1 aliphatic heterocycles. The molecular weight excluding hydrogens is 232 g/mol. The molecule has 0 unspecified atom stereocenters. The van der Waals surface area contributed by atoms with Crippen LogP contribution in [-0.2, 0) is 4.79 Å². The highest BCUT2D eigenvalue weighted by Crippen LogP contribution is 2.24. The minimum atomic E-state index is -0.218. The van der Waals surface area contributed by atoms with Gasteiger partial charge in [0.1, 0.15) is 0 Å². The van der Waals surface area contributed by atoms with Crippen LogP contribution in [0.1, 0.15) is 32.1 Å². The number of carbonyl (C=O) groups excluding carboxylic acids is 2. The predicted octanol–water partition coefficient (Wildman–Crippen LogP) is -0.212. The zero-order chi connectivity index (χ0) is 13.0. The molecule has 1 saturated carbocycles. The first kappa shape index (κ1) is 13.3. The fourth-order valence-electron chi connectivity index (χ4n) is 2.80. The van der Waals surface area contributed by atoms with Crippen LogP contribution in [0.15, 0.2) is 0 Å². The number of urea groups is 1. The third-order valence-electron chi connectivity index (χ3n) is 3.80. The number of nitrogens with two attached hydrogens (primary N) is 1. The standard InChI is InChI=1S/C12H22N4O2/c13-6-7-14-9-1-3-10(4-2-9)16-8-5-11(17)15-12(16)18/h9-10,14H,1-8,13H2,(H,15,17,18). The highest BCUT2D eigenvalue weighted by atomic mass is 16.2. The molecule has 4 N–H and O–H groups in total. The zero-order valence-electron chi connectivity index (χ0n) is 10.7. The quantitative estimate of drug-likeness (QED) is 0.647. The molecule has 3 amide bonds. The van der Waals surface area contributed by atoms with Crippen molar-refractivity contribution in [2.45, 2.75) is 44.2 Å². The molecular formula is C12H22N4O2. The van der Waals surface area contributed by atoms with Gasteiger partial charge in [-0.05, 0) is 25.7 Å². The Bertz CT molecular complexity index is 313. The molecule has 0 aromatic rings. The van der Waals surface area contributed by atoms with Gasteiger partial charge in [-0.2, -0.15) is 0 Å². The highest BCUT2D eigenvalue weighted by molar-refractivity contribution is 5.96. The molecule has 18 heavy (non-hydrogen) atoms. The summed E-state index contributed by atoms with van der Waals surface area (Å²) < 4.78 is 0. The summed E-state index contributed by atoms with van der Waals surface area (Å²) in [5.74, 6) is -0.158. The lowest BCUT2D eigenvalue weighted by Gasteiger charge is -2.38. The Balaban J connectivity index is 1.79. The highest BCUT2D eigenvalue weighted by Gasteiger charge is 2.31. The molecule has 0 aromatic heterocycles. The first-order valence-corrected chi connectivity index (χ1v) is 6.74. The van der Waals surface area contributed by atoms with E-state index in [-0.39, 0.29) is 18.0 Å². The number of hydrogen-bond acceptors (Lipinski definition) is 4. The van der Waals surface area contributed by atoms with E-state index in [0.717, 1.165) is 32.2 Å². The van der Waals surface area contributed by atoms with Crippen molar-refractivity contribution < 1.29 is 9.59 Å². The number of imide groups is 1. The van der Waals surface area contributed by atoms with Crippen LogP contribution in [0, 0.1) is 0 Å². The first-order chi connectivity index (χ1) is 8.70. The van der Waals surface area contributed by atoms with Crippen molar-refractivity contribution in [2.24, 2.45) is 5.73 Å². The summed E-state index contributed by atoms with van der Waals surface area (Å²) in [5.41, 5.74) is 5.47. The van der Waals surface area contributed by atoms with Gasteiger partial charge < -0.3 is 16.0 Å². The Labute approximate surface area is 107 Å². The second-order valence-corrected chi connectivity index (χ2v) is 5.04. The minimum Gasteiger partial charge on any atom is -0.329 e. The molecule has 6 nitrogen and oxygen atoms in total. The van der Waals surface area contributed by atoms with Crippen molar-refractivity contribution in [1.29, 1.82) is 0 Å². The molecule has 2 fully saturated rings. The van der Waals surface area contributed by atoms with Crippen LogP contribution in [0.5, 0.6) is 0 Å². The number of rotatable bonds is 4. The Morgan fingerprint density at radius 3 is 2.61 bits per heavy atom. The zero-order valence-corrected chi connectivity index (χ0v) is 10.7. The van der Waals surface area contributed by atoms with E-state index in [1.807, 2.05) is 4.90 Å². The SMILES string of the molecule is NCCNC1CCC(N2CCC(=O)NC2=O)CC1.